The highest BCUT2D eigenvalue weighted by molar-refractivity contribution is 6.59. The van der Waals surface area contributed by atoms with Gasteiger partial charge in [-0.3, -0.25) is 0 Å². The molecule has 0 aliphatic rings. The van der Waals surface area contributed by atoms with E-state index in [4.69, 9.17) is 14.2 Å². The van der Waals surface area contributed by atoms with Crippen LogP contribution in [0.5, 0.6) is 17.2 Å². The van der Waals surface area contributed by atoms with E-state index in [1.165, 1.54) is 87.3 Å². The molecule has 0 bridgehead atoms. The third-order valence-electron chi connectivity index (χ3n) is 8.30. The van der Waals surface area contributed by atoms with Crippen LogP contribution >= 0.6 is 0 Å². The van der Waals surface area contributed by atoms with E-state index in [1.807, 2.05) is 0 Å². The molecule has 3 aromatic rings. The van der Waals surface area contributed by atoms with Gasteiger partial charge in [0.2, 0.25) is 0 Å². The van der Waals surface area contributed by atoms with Crippen LogP contribution in [0.1, 0.15) is 100 Å². The summed E-state index contributed by atoms with van der Waals surface area (Å²) in [6.45, 7) is 2.77. The fourth-order valence-electron chi connectivity index (χ4n) is 5.86. The van der Waals surface area contributed by atoms with Crippen LogP contribution in [0.2, 0.25) is 0 Å². The molecule has 0 aliphatic heterocycles. The number of hydrogen-bond acceptors (Lipinski definition) is 3. The molecule has 1 unspecified atom stereocenters. The second-order valence-corrected chi connectivity index (χ2v) is 13.9. The Morgan fingerprint density at radius 3 is 1.20 bits per heavy atom. The van der Waals surface area contributed by atoms with Gasteiger partial charge in [-0.05, 0) is 54.9 Å². The molecule has 1 atom stereocenters. The van der Waals surface area contributed by atoms with E-state index in [2.05, 4.69) is 108 Å². The van der Waals surface area contributed by atoms with Gasteiger partial charge in [-0.1, -0.05) is 131 Å². The first-order valence-electron chi connectivity index (χ1n) is 17.4. The largest absolute Gasteiger partial charge is 0.497 e. The molecule has 0 aliphatic carbocycles. The number of quaternary nitrogens is 1. The van der Waals surface area contributed by atoms with Gasteiger partial charge in [-0.2, -0.15) is 0 Å². The number of hydrogen-bond donors (Lipinski definition) is 0. The van der Waals surface area contributed by atoms with Crippen molar-refractivity contribution in [2.24, 2.45) is 0 Å². The molecule has 3 rings (SSSR count). The summed E-state index contributed by atoms with van der Waals surface area (Å²) >= 11 is 0. The normalized spacial score (nSPS) is 11.7. The van der Waals surface area contributed by atoms with E-state index in [-0.39, 0.29) is 0 Å². The van der Waals surface area contributed by atoms with Crippen molar-refractivity contribution >= 4 is 6.71 Å². The van der Waals surface area contributed by atoms with Gasteiger partial charge in [0.25, 0.3) is 0 Å². The van der Waals surface area contributed by atoms with Gasteiger partial charge in [-0.15, -0.1) is 0 Å². The van der Waals surface area contributed by atoms with Crippen LogP contribution in [0, 0.1) is 0 Å². The Kier molecular flexibility index (Phi) is 18.5. The van der Waals surface area contributed by atoms with E-state index in [1.54, 1.807) is 21.3 Å². The van der Waals surface area contributed by atoms with Crippen molar-refractivity contribution in [1.29, 1.82) is 0 Å². The first-order chi connectivity index (χ1) is 21.7. The van der Waals surface area contributed by atoms with Crippen LogP contribution in [-0.4, -0.2) is 60.7 Å². The summed E-state index contributed by atoms with van der Waals surface area (Å²) < 4.78 is 17.3. The SMILES string of the molecule is CCCCCCCCCCCCC(B(Cc1ccc(OC)cc1)Cc1ccc(OC)cc1)c1ccc(OC)cc1.C[N+](C)(C)C. The monoisotopic (exact) mass is 616 g/mol. The lowest BCUT2D eigenvalue weighted by atomic mass is 9.34. The fraction of sp³-hybridized carbons (Fsp3) is 0.550. The molecule has 45 heavy (non-hydrogen) atoms. The van der Waals surface area contributed by atoms with Gasteiger partial charge >= 0.3 is 0 Å². The van der Waals surface area contributed by atoms with Crippen LogP contribution in [-0.2, 0) is 12.6 Å². The molecular weight excluding hydrogens is 553 g/mol. The number of benzene rings is 3. The number of ether oxygens (including phenoxy) is 3. The van der Waals surface area contributed by atoms with Gasteiger partial charge in [-0.25, -0.2) is 0 Å². The van der Waals surface area contributed by atoms with Crippen LogP contribution in [0.3, 0.4) is 0 Å². The van der Waals surface area contributed by atoms with Crippen LogP contribution < -0.4 is 14.2 Å². The quantitative estimate of drug-likeness (QED) is 0.0718. The minimum atomic E-state index is 0.476. The minimum Gasteiger partial charge on any atom is -0.497 e. The van der Waals surface area contributed by atoms with Crippen molar-refractivity contribution in [1.82, 2.24) is 0 Å². The zero-order valence-electron chi connectivity index (χ0n) is 29.9. The number of unbranched alkanes of at least 4 members (excludes halogenated alkanes) is 9. The second kappa shape index (κ2) is 21.8. The Labute approximate surface area is 277 Å². The molecule has 0 saturated carbocycles. The standard InChI is InChI=1S/C36H51BO3.C4H12N/c1-5-6-7-8-9-10-11-12-13-14-15-36(32-20-26-35(40-4)27-21-32)37(28-30-16-22-33(38-2)23-17-30)29-31-18-24-34(39-3)25-19-31;1-5(2,3)4/h16-27,36H,5-15,28-29H2,1-4H3;1-4H3/q;+1. The Morgan fingerprint density at radius 2 is 0.844 bits per heavy atom. The summed E-state index contributed by atoms with van der Waals surface area (Å²) in [6, 6.07) is 26.1. The van der Waals surface area contributed by atoms with Crippen molar-refractivity contribution in [3.05, 3.63) is 89.5 Å². The maximum atomic E-state index is 5.49. The second-order valence-electron chi connectivity index (χ2n) is 13.9. The molecule has 0 saturated heterocycles. The Bertz CT molecular complexity index is 1080. The summed E-state index contributed by atoms with van der Waals surface area (Å²) in [5.74, 6) is 3.22. The van der Waals surface area contributed by atoms with Crippen LogP contribution in [0.15, 0.2) is 72.8 Å². The van der Waals surface area contributed by atoms with Gasteiger partial charge in [0.05, 0.1) is 49.5 Å². The van der Waals surface area contributed by atoms with Gasteiger partial charge in [0.1, 0.15) is 17.2 Å². The average Bonchev–Trinajstić information content (AvgIpc) is 3.03. The van der Waals surface area contributed by atoms with Gasteiger partial charge in [0.15, 0.2) is 6.71 Å². The van der Waals surface area contributed by atoms with Crippen molar-refractivity contribution in [3.8, 4) is 17.2 Å². The summed E-state index contributed by atoms with van der Waals surface area (Å²) in [6.07, 6.45) is 16.9. The average molecular weight is 617 g/mol. The third kappa shape index (κ3) is 16.8. The summed E-state index contributed by atoms with van der Waals surface area (Å²) in [7, 11) is 13.7. The first kappa shape index (κ1) is 38.3. The number of methoxy groups -OCH3 is 3. The molecule has 0 heterocycles. The zero-order chi connectivity index (χ0) is 32.9. The summed E-state index contributed by atoms with van der Waals surface area (Å²) in [5.41, 5.74) is 4.14. The van der Waals surface area contributed by atoms with Crippen molar-refractivity contribution < 1.29 is 18.7 Å². The molecule has 0 spiro atoms. The summed E-state index contributed by atoms with van der Waals surface area (Å²) in [4.78, 5) is 0. The van der Waals surface area contributed by atoms with Gasteiger partial charge in [0, 0.05) is 0 Å². The molecular formula is C40H63BNO3+. The highest BCUT2D eigenvalue weighted by atomic mass is 16.5. The maximum absolute atomic E-state index is 5.49. The van der Waals surface area contributed by atoms with Crippen LogP contribution in [0.4, 0.5) is 0 Å². The zero-order valence-corrected chi connectivity index (χ0v) is 29.9. The fourth-order valence-corrected chi connectivity index (χ4v) is 5.86. The first-order valence-corrected chi connectivity index (χ1v) is 17.4. The van der Waals surface area contributed by atoms with E-state index in [0.29, 0.717) is 12.5 Å². The van der Waals surface area contributed by atoms with E-state index in [0.717, 1.165) is 34.4 Å². The minimum absolute atomic E-state index is 0.476. The van der Waals surface area contributed by atoms with E-state index < -0.39 is 0 Å². The molecule has 248 valence electrons. The van der Waals surface area contributed by atoms with Gasteiger partial charge < -0.3 is 18.7 Å². The Morgan fingerprint density at radius 1 is 0.511 bits per heavy atom. The van der Waals surface area contributed by atoms with Crippen molar-refractivity contribution in [2.45, 2.75) is 96.0 Å². The molecule has 0 aromatic heterocycles. The molecule has 4 nitrogen and oxygen atoms in total. The third-order valence-corrected chi connectivity index (χ3v) is 8.30. The predicted octanol–water partition coefficient (Wildman–Crippen LogP) is 10.0. The highest BCUT2D eigenvalue weighted by Crippen LogP contribution is 2.31. The lowest BCUT2D eigenvalue weighted by Crippen LogP contribution is -2.30. The smallest absolute Gasteiger partial charge is 0.157 e. The lowest BCUT2D eigenvalue weighted by molar-refractivity contribution is -0.849. The molecule has 0 amide bonds. The topological polar surface area (TPSA) is 27.7 Å². The molecule has 5 heteroatoms. The molecule has 0 radical (unpaired) electrons. The molecule has 0 fully saturated rings. The molecule has 3 aromatic carbocycles. The number of nitrogens with zero attached hydrogens (tertiary/aromatic N) is 1. The highest BCUT2D eigenvalue weighted by Gasteiger charge is 2.27. The Hall–Kier alpha value is -2.92. The number of rotatable bonds is 20. The molecule has 0 N–H and O–H groups in total. The Balaban J connectivity index is 0.00000130. The van der Waals surface area contributed by atoms with Crippen molar-refractivity contribution in [2.75, 3.05) is 49.5 Å². The predicted molar refractivity (Wildman–Crippen MR) is 195 cm³/mol. The lowest BCUT2D eigenvalue weighted by Gasteiger charge is -2.26. The van der Waals surface area contributed by atoms with E-state index >= 15 is 0 Å². The summed E-state index contributed by atoms with van der Waals surface area (Å²) in [5, 5.41) is 0. The maximum Gasteiger partial charge on any atom is 0.157 e. The van der Waals surface area contributed by atoms with E-state index in [9.17, 15) is 0 Å². The van der Waals surface area contributed by atoms with Crippen LogP contribution in [0.25, 0.3) is 0 Å². The van der Waals surface area contributed by atoms with Crippen molar-refractivity contribution in [3.63, 3.8) is 0 Å².